The molecule has 5 heteroatoms. The number of carbonyl (C=O) groups is 1. The number of nitrogens with zero attached hydrogens (tertiary/aromatic N) is 2. The highest BCUT2D eigenvalue weighted by molar-refractivity contribution is 5.97. The molecular weight excluding hydrogens is 372 g/mol. The molecule has 2 aliphatic heterocycles. The fourth-order valence-corrected chi connectivity index (χ4v) is 4.33. The van der Waals surface area contributed by atoms with Gasteiger partial charge in [-0.3, -0.25) is 4.79 Å². The minimum Gasteiger partial charge on any atom is -0.497 e. The molecule has 0 aromatic heterocycles. The highest BCUT2D eigenvalue weighted by Gasteiger charge is 2.26. The lowest BCUT2D eigenvalue weighted by Crippen LogP contribution is -2.44. The lowest BCUT2D eigenvalue weighted by atomic mass is 9.89. The average Bonchev–Trinajstić information content (AvgIpc) is 2.74. The SMILES string of the molecule is COc1ccc2c(c1)CCN(CCN1CCC(c3ccccc3)CC1)C2=O.Cl. The van der Waals surface area contributed by atoms with Gasteiger partial charge < -0.3 is 14.5 Å². The quantitative estimate of drug-likeness (QED) is 0.760. The molecule has 150 valence electrons. The third kappa shape index (κ3) is 4.50. The minimum absolute atomic E-state index is 0. The maximum Gasteiger partial charge on any atom is 0.254 e. The van der Waals surface area contributed by atoms with E-state index >= 15 is 0 Å². The normalized spacial score (nSPS) is 17.8. The van der Waals surface area contributed by atoms with Crippen LogP contribution in [0.15, 0.2) is 48.5 Å². The standard InChI is InChI=1S/C23H28N2O2.ClH/c1-27-21-7-8-22-20(17-21)11-14-25(23(22)26)16-15-24-12-9-19(10-13-24)18-5-3-2-4-6-18;/h2-8,17,19H,9-16H2,1H3;1H. The summed E-state index contributed by atoms with van der Waals surface area (Å²) in [6, 6.07) is 16.6. The van der Waals surface area contributed by atoms with Crippen molar-refractivity contribution in [2.24, 2.45) is 0 Å². The number of fused-ring (bicyclic) bond motifs is 1. The molecule has 0 aliphatic carbocycles. The molecule has 2 aliphatic rings. The number of benzene rings is 2. The summed E-state index contributed by atoms with van der Waals surface area (Å²) in [5, 5.41) is 0. The monoisotopic (exact) mass is 400 g/mol. The van der Waals surface area contributed by atoms with Gasteiger partial charge in [-0.1, -0.05) is 30.3 Å². The largest absolute Gasteiger partial charge is 0.497 e. The molecule has 1 amide bonds. The van der Waals surface area contributed by atoms with Crippen molar-refractivity contribution in [3.05, 3.63) is 65.2 Å². The Bertz CT molecular complexity index is 788. The van der Waals surface area contributed by atoms with Crippen molar-refractivity contribution in [3.63, 3.8) is 0 Å². The fourth-order valence-electron chi connectivity index (χ4n) is 4.33. The van der Waals surface area contributed by atoms with E-state index in [1.807, 2.05) is 23.1 Å². The van der Waals surface area contributed by atoms with Gasteiger partial charge in [-0.2, -0.15) is 0 Å². The Morgan fingerprint density at radius 3 is 2.46 bits per heavy atom. The summed E-state index contributed by atoms with van der Waals surface area (Å²) < 4.78 is 5.28. The Balaban J connectivity index is 0.00000225. The molecule has 1 saturated heterocycles. The van der Waals surface area contributed by atoms with E-state index in [2.05, 4.69) is 35.2 Å². The first-order chi connectivity index (χ1) is 13.2. The number of hydrogen-bond donors (Lipinski definition) is 0. The Labute approximate surface area is 173 Å². The van der Waals surface area contributed by atoms with E-state index in [-0.39, 0.29) is 18.3 Å². The summed E-state index contributed by atoms with van der Waals surface area (Å²) in [5.74, 6) is 1.68. The number of hydrogen-bond acceptors (Lipinski definition) is 3. The van der Waals surface area contributed by atoms with Crippen LogP contribution in [-0.2, 0) is 6.42 Å². The van der Waals surface area contributed by atoms with Gasteiger partial charge in [0.05, 0.1) is 7.11 Å². The van der Waals surface area contributed by atoms with Gasteiger partial charge in [-0.15, -0.1) is 12.4 Å². The van der Waals surface area contributed by atoms with Crippen LogP contribution in [0.3, 0.4) is 0 Å². The van der Waals surface area contributed by atoms with Gasteiger partial charge >= 0.3 is 0 Å². The second-order valence-electron chi connectivity index (χ2n) is 7.59. The molecule has 4 nitrogen and oxygen atoms in total. The van der Waals surface area contributed by atoms with Crippen LogP contribution < -0.4 is 4.74 Å². The molecule has 0 saturated carbocycles. The van der Waals surface area contributed by atoms with E-state index in [9.17, 15) is 4.79 Å². The number of likely N-dealkylation sites (tertiary alicyclic amines) is 1. The van der Waals surface area contributed by atoms with Crippen molar-refractivity contribution >= 4 is 18.3 Å². The van der Waals surface area contributed by atoms with Crippen molar-refractivity contribution < 1.29 is 9.53 Å². The van der Waals surface area contributed by atoms with E-state index in [0.717, 1.165) is 56.0 Å². The summed E-state index contributed by atoms with van der Waals surface area (Å²) in [5.41, 5.74) is 3.42. The van der Waals surface area contributed by atoms with Crippen LogP contribution in [0.1, 0.15) is 40.2 Å². The molecule has 0 unspecified atom stereocenters. The molecule has 4 rings (SSSR count). The van der Waals surface area contributed by atoms with Crippen LogP contribution in [0, 0.1) is 0 Å². The van der Waals surface area contributed by atoms with E-state index in [1.165, 1.54) is 18.4 Å². The Morgan fingerprint density at radius 1 is 1.00 bits per heavy atom. The highest BCUT2D eigenvalue weighted by atomic mass is 35.5. The topological polar surface area (TPSA) is 32.8 Å². The molecule has 2 aromatic rings. The average molecular weight is 401 g/mol. The summed E-state index contributed by atoms with van der Waals surface area (Å²) in [6.45, 7) is 4.84. The van der Waals surface area contributed by atoms with Crippen LogP contribution in [0.25, 0.3) is 0 Å². The molecule has 2 aromatic carbocycles. The summed E-state index contributed by atoms with van der Waals surface area (Å²) >= 11 is 0. The number of amides is 1. The van der Waals surface area contributed by atoms with Crippen molar-refractivity contribution in [1.82, 2.24) is 9.80 Å². The third-order valence-corrected chi connectivity index (χ3v) is 6.03. The van der Waals surface area contributed by atoms with Gasteiger partial charge in [0.25, 0.3) is 5.91 Å². The molecule has 2 heterocycles. The predicted molar refractivity (Wildman–Crippen MR) is 115 cm³/mol. The molecule has 0 radical (unpaired) electrons. The fraction of sp³-hybridized carbons (Fsp3) is 0.435. The first-order valence-corrected chi connectivity index (χ1v) is 9.98. The van der Waals surface area contributed by atoms with Gasteiger partial charge in [0.1, 0.15) is 5.75 Å². The molecule has 0 atom stereocenters. The van der Waals surface area contributed by atoms with E-state index in [1.54, 1.807) is 7.11 Å². The predicted octanol–water partition coefficient (Wildman–Crippen LogP) is 3.99. The number of carbonyl (C=O) groups excluding carboxylic acids is 1. The molecule has 28 heavy (non-hydrogen) atoms. The van der Waals surface area contributed by atoms with Crippen LogP contribution in [-0.4, -0.2) is 55.5 Å². The summed E-state index contributed by atoms with van der Waals surface area (Å²) in [6.07, 6.45) is 3.33. The van der Waals surface area contributed by atoms with Gasteiger partial charge in [-0.05, 0) is 67.6 Å². The molecule has 0 N–H and O–H groups in total. The molecule has 0 spiro atoms. The van der Waals surface area contributed by atoms with Crippen molar-refractivity contribution in [3.8, 4) is 5.75 Å². The Kier molecular flexibility index (Phi) is 6.97. The maximum atomic E-state index is 12.8. The van der Waals surface area contributed by atoms with Crippen LogP contribution in [0.5, 0.6) is 5.75 Å². The number of halogens is 1. The highest BCUT2D eigenvalue weighted by Crippen LogP contribution is 2.28. The zero-order valence-electron chi connectivity index (χ0n) is 16.5. The van der Waals surface area contributed by atoms with Crippen LogP contribution >= 0.6 is 12.4 Å². The third-order valence-electron chi connectivity index (χ3n) is 6.03. The second kappa shape index (κ2) is 9.44. The van der Waals surface area contributed by atoms with Gasteiger partial charge in [0, 0.05) is 25.2 Å². The maximum absolute atomic E-state index is 12.8. The van der Waals surface area contributed by atoms with Crippen molar-refractivity contribution in [2.45, 2.75) is 25.2 Å². The number of methoxy groups -OCH3 is 1. The lowest BCUT2D eigenvalue weighted by molar-refractivity contribution is 0.0710. The first-order valence-electron chi connectivity index (χ1n) is 9.98. The lowest BCUT2D eigenvalue weighted by Gasteiger charge is -2.35. The summed E-state index contributed by atoms with van der Waals surface area (Å²) in [4.78, 5) is 17.3. The zero-order valence-corrected chi connectivity index (χ0v) is 17.3. The molecule has 0 bridgehead atoms. The minimum atomic E-state index is 0. The van der Waals surface area contributed by atoms with Crippen LogP contribution in [0.2, 0.25) is 0 Å². The van der Waals surface area contributed by atoms with Gasteiger partial charge in [0.15, 0.2) is 0 Å². The Hall–Kier alpha value is -2.04. The molecule has 1 fully saturated rings. The van der Waals surface area contributed by atoms with E-state index in [0.29, 0.717) is 5.92 Å². The Morgan fingerprint density at radius 2 is 1.75 bits per heavy atom. The summed E-state index contributed by atoms with van der Waals surface area (Å²) in [7, 11) is 1.67. The van der Waals surface area contributed by atoms with Gasteiger partial charge in [-0.25, -0.2) is 0 Å². The van der Waals surface area contributed by atoms with E-state index in [4.69, 9.17) is 4.74 Å². The van der Waals surface area contributed by atoms with Crippen molar-refractivity contribution in [1.29, 1.82) is 0 Å². The van der Waals surface area contributed by atoms with Gasteiger partial charge in [0.2, 0.25) is 0 Å². The molecular formula is C23H29ClN2O2. The van der Waals surface area contributed by atoms with E-state index < -0.39 is 0 Å². The first kappa shape index (κ1) is 20.7. The number of rotatable bonds is 5. The number of piperidine rings is 1. The smallest absolute Gasteiger partial charge is 0.254 e. The number of ether oxygens (including phenoxy) is 1. The zero-order chi connectivity index (χ0) is 18.6. The second-order valence-corrected chi connectivity index (χ2v) is 7.59. The van der Waals surface area contributed by atoms with Crippen molar-refractivity contribution in [2.75, 3.05) is 39.8 Å². The van der Waals surface area contributed by atoms with Crippen LogP contribution in [0.4, 0.5) is 0 Å².